The van der Waals surface area contributed by atoms with Crippen LogP contribution in [0.4, 0.5) is 5.69 Å². The quantitative estimate of drug-likeness (QED) is 0.896. The number of hydrogen-bond donors (Lipinski definition) is 2. The predicted molar refractivity (Wildman–Crippen MR) is 80.6 cm³/mol. The summed E-state index contributed by atoms with van der Waals surface area (Å²) >= 11 is 6.01. The average Bonchev–Trinajstić information content (AvgIpc) is 2.38. The van der Waals surface area contributed by atoms with Gasteiger partial charge < -0.3 is 20.5 Å². The predicted octanol–water partition coefficient (Wildman–Crippen LogP) is 2.67. The van der Waals surface area contributed by atoms with Crippen LogP contribution in [0.25, 0.3) is 0 Å². The van der Waals surface area contributed by atoms with Crippen LogP contribution in [0.1, 0.15) is 20.8 Å². The van der Waals surface area contributed by atoms with Crippen LogP contribution in [0, 0.1) is 5.41 Å². The van der Waals surface area contributed by atoms with E-state index in [9.17, 15) is 4.79 Å². The summed E-state index contributed by atoms with van der Waals surface area (Å²) in [6.45, 7) is 5.70. The number of halogens is 1. The number of benzene rings is 1. The maximum atomic E-state index is 12.1. The molecule has 1 atom stereocenters. The van der Waals surface area contributed by atoms with Crippen molar-refractivity contribution in [2.24, 2.45) is 11.1 Å². The molecule has 1 rings (SSSR count). The molecule has 112 valence electrons. The minimum atomic E-state index is -0.645. The lowest BCUT2D eigenvalue weighted by molar-refractivity contribution is -0.119. The van der Waals surface area contributed by atoms with E-state index in [1.807, 2.05) is 20.8 Å². The number of carbonyl (C=O) groups is 1. The topological polar surface area (TPSA) is 73.6 Å². The zero-order chi connectivity index (χ0) is 15.5. The Balaban J connectivity index is 3.05. The van der Waals surface area contributed by atoms with Crippen molar-refractivity contribution in [2.45, 2.75) is 26.8 Å². The fourth-order valence-electron chi connectivity index (χ4n) is 1.56. The molecule has 0 aliphatic heterocycles. The molecule has 1 aromatic carbocycles. The van der Waals surface area contributed by atoms with E-state index < -0.39 is 6.04 Å². The molecule has 0 aliphatic rings. The molecule has 0 fully saturated rings. The molecule has 5 nitrogen and oxygen atoms in total. The summed E-state index contributed by atoms with van der Waals surface area (Å²) in [6, 6.07) is 2.54. The van der Waals surface area contributed by atoms with Crippen LogP contribution in [0.2, 0.25) is 5.02 Å². The monoisotopic (exact) mass is 300 g/mol. The summed E-state index contributed by atoms with van der Waals surface area (Å²) in [5.74, 6) is 0.609. The highest BCUT2D eigenvalue weighted by atomic mass is 35.5. The highest BCUT2D eigenvalue weighted by Gasteiger charge is 2.28. The molecule has 20 heavy (non-hydrogen) atoms. The molecule has 1 amide bonds. The second kappa shape index (κ2) is 6.33. The third-order valence-electron chi connectivity index (χ3n) is 2.95. The van der Waals surface area contributed by atoms with Gasteiger partial charge in [0.2, 0.25) is 5.91 Å². The van der Waals surface area contributed by atoms with E-state index >= 15 is 0 Å². The third-order valence-corrected chi connectivity index (χ3v) is 3.24. The summed E-state index contributed by atoms with van der Waals surface area (Å²) in [4.78, 5) is 12.1. The molecule has 0 aromatic heterocycles. The van der Waals surface area contributed by atoms with Crippen molar-refractivity contribution in [1.82, 2.24) is 0 Å². The van der Waals surface area contributed by atoms with Gasteiger partial charge in [-0.2, -0.15) is 0 Å². The summed E-state index contributed by atoms with van der Waals surface area (Å²) in [5.41, 5.74) is 6.06. The molecular formula is C14H21ClN2O3. The van der Waals surface area contributed by atoms with Crippen molar-refractivity contribution in [3.8, 4) is 11.5 Å². The summed E-state index contributed by atoms with van der Waals surface area (Å²) in [5, 5.41) is 3.15. The Kier molecular flexibility index (Phi) is 5.25. The van der Waals surface area contributed by atoms with Crippen LogP contribution < -0.4 is 20.5 Å². The van der Waals surface area contributed by atoms with Crippen LogP contribution in [0.3, 0.4) is 0 Å². The van der Waals surface area contributed by atoms with Gasteiger partial charge in [0.25, 0.3) is 0 Å². The van der Waals surface area contributed by atoms with E-state index in [1.54, 1.807) is 12.1 Å². The van der Waals surface area contributed by atoms with Gasteiger partial charge in [0, 0.05) is 12.1 Å². The van der Waals surface area contributed by atoms with E-state index in [-0.39, 0.29) is 11.3 Å². The van der Waals surface area contributed by atoms with Crippen LogP contribution in [-0.2, 0) is 4.79 Å². The molecule has 0 heterocycles. The number of anilines is 1. The van der Waals surface area contributed by atoms with Crippen LogP contribution in [-0.4, -0.2) is 26.2 Å². The van der Waals surface area contributed by atoms with E-state index in [4.69, 9.17) is 26.8 Å². The standard InChI is InChI=1S/C14H21ClN2O3/c1-14(2,3)12(16)13(18)17-9-7-10(19-4)8(15)6-11(9)20-5/h6-7,12H,16H2,1-5H3,(H,17,18). The maximum Gasteiger partial charge on any atom is 0.241 e. The fourth-order valence-corrected chi connectivity index (χ4v) is 1.79. The number of nitrogens with one attached hydrogen (secondary N) is 1. The van der Waals surface area contributed by atoms with Crippen molar-refractivity contribution in [3.63, 3.8) is 0 Å². The lowest BCUT2D eigenvalue weighted by Crippen LogP contribution is -2.45. The molecule has 0 saturated carbocycles. The van der Waals surface area contributed by atoms with Crippen LogP contribution in [0.15, 0.2) is 12.1 Å². The Bertz CT molecular complexity index is 498. The second-order valence-electron chi connectivity index (χ2n) is 5.52. The first-order valence-corrected chi connectivity index (χ1v) is 6.56. The molecular weight excluding hydrogens is 280 g/mol. The number of amides is 1. The number of rotatable bonds is 4. The summed E-state index contributed by atoms with van der Waals surface area (Å²) in [7, 11) is 3.00. The van der Waals surface area contributed by atoms with Gasteiger partial charge >= 0.3 is 0 Å². The van der Waals surface area contributed by atoms with Crippen molar-refractivity contribution in [1.29, 1.82) is 0 Å². The van der Waals surface area contributed by atoms with E-state index in [0.717, 1.165) is 0 Å². The van der Waals surface area contributed by atoms with Gasteiger partial charge in [-0.3, -0.25) is 4.79 Å². The maximum absolute atomic E-state index is 12.1. The largest absolute Gasteiger partial charge is 0.495 e. The van der Waals surface area contributed by atoms with Gasteiger partial charge in [-0.05, 0) is 5.41 Å². The molecule has 0 bridgehead atoms. The van der Waals surface area contributed by atoms with Crippen molar-refractivity contribution < 1.29 is 14.3 Å². The van der Waals surface area contributed by atoms with E-state index in [1.165, 1.54) is 14.2 Å². The minimum Gasteiger partial charge on any atom is -0.495 e. The first-order valence-electron chi connectivity index (χ1n) is 6.18. The summed E-state index contributed by atoms with van der Waals surface area (Å²) < 4.78 is 10.3. The SMILES string of the molecule is COc1cc(NC(=O)C(N)C(C)(C)C)c(OC)cc1Cl. The highest BCUT2D eigenvalue weighted by Crippen LogP contribution is 2.36. The van der Waals surface area contributed by atoms with Crippen molar-refractivity contribution >= 4 is 23.2 Å². The highest BCUT2D eigenvalue weighted by molar-refractivity contribution is 6.32. The zero-order valence-corrected chi connectivity index (χ0v) is 13.2. The Labute approximate surface area is 124 Å². The number of ether oxygens (including phenoxy) is 2. The zero-order valence-electron chi connectivity index (χ0n) is 12.4. The van der Waals surface area contributed by atoms with E-state index in [0.29, 0.717) is 22.2 Å². The van der Waals surface area contributed by atoms with Gasteiger partial charge in [0.15, 0.2) is 0 Å². The Morgan fingerprint density at radius 1 is 1.25 bits per heavy atom. The Morgan fingerprint density at radius 2 is 1.80 bits per heavy atom. The first-order chi connectivity index (χ1) is 9.20. The lowest BCUT2D eigenvalue weighted by Gasteiger charge is -2.26. The first kappa shape index (κ1) is 16.6. The second-order valence-corrected chi connectivity index (χ2v) is 5.93. The van der Waals surface area contributed by atoms with Gasteiger partial charge in [0.05, 0.1) is 31.0 Å². The number of hydrogen-bond acceptors (Lipinski definition) is 4. The molecule has 6 heteroatoms. The van der Waals surface area contributed by atoms with Gasteiger partial charge in [0.1, 0.15) is 11.5 Å². The smallest absolute Gasteiger partial charge is 0.241 e. The van der Waals surface area contributed by atoms with Crippen molar-refractivity contribution in [2.75, 3.05) is 19.5 Å². The minimum absolute atomic E-state index is 0.292. The molecule has 1 aromatic rings. The average molecular weight is 301 g/mol. The Hall–Kier alpha value is -1.46. The molecule has 0 spiro atoms. The Morgan fingerprint density at radius 3 is 2.25 bits per heavy atom. The van der Waals surface area contributed by atoms with Gasteiger partial charge in [-0.25, -0.2) is 0 Å². The normalized spacial score (nSPS) is 12.8. The fraction of sp³-hybridized carbons (Fsp3) is 0.500. The molecule has 0 radical (unpaired) electrons. The number of carbonyl (C=O) groups excluding carboxylic acids is 1. The molecule has 0 aliphatic carbocycles. The van der Waals surface area contributed by atoms with Crippen LogP contribution in [0.5, 0.6) is 11.5 Å². The number of nitrogens with two attached hydrogens (primary N) is 1. The molecule has 0 saturated heterocycles. The molecule has 1 unspecified atom stereocenters. The summed E-state index contributed by atoms with van der Waals surface area (Å²) in [6.07, 6.45) is 0. The van der Waals surface area contributed by atoms with Crippen molar-refractivity contribution in [3.05, 3.63) is 17.2 Å². The molecule has 3 N–H and O–H groups in total. The third kappa shape index (κ3) is 3.77. The van der Waals surface area contributed by atoms with Gasteiger partial charge in [-0.1, -0.05) is 32.4 Å². The van der Waals surface area contributed by atoms with E-state index in [2.05, 4.69) is 5.32 Å². The number of methoxy groups -OCH3 is 2. The van der Waals surface area contributed by atoms with Gasteiger partial charge in [-0.15, -0.1) is 0 Å². The lowest BCUT2D eigenvalue weighted by atomic mass is 9.87. The van der Waals surface area contributed by atoms with Crippen LogP contribution >= 0.6 is 11.6 Å².